The molecule has 0 aliphatic carbocycles. The molecule has 1 fully saturated rings. The van der Waals surface area contributed by atoms with Gasteiger partial charge >= 0.3 is 0 Å². The molecule has 144 valence electrons. The number of nitrogens with zero attached hydrogens (tertiary/aromatic N) is 2. The van der Waals surface area contributed by atoms with Gasteiger partial charge in [-0.25, -0.2) is 8.42 Å². The second kappa shape index (κ2) is 8.65. The lowest BCUT2D eigenvalue weighted by Crippen LogP contribution is -2.50. The first-order chi connectivity index (χ1) is 12.9. The van der Waals surface area contributed by atoms with E-state index in [0.717, 1.165) is 11.1 Å². The number of carbonyl (C=O) groups excluding carboxylic acids is 1. The first kappa shape index (κ1) is 19.5. The fourth-order valence-corrected chi connectivity index (χ4v) is 4.46. The molecule has 0 aromatic heterocycles. The first-order valence-corrected chi connectivity index (χ1v) is 10.5. The van der Waals surface area contributed by atoms with Crippen LogP contribution in [-0.2, 0) is 21.4 Å². The zero-order valence-corrected chi connectivity index (χ0v) is 16.3. The lowest BCUT2D eigenvalue weighted by atomic mass is 10.2. The van der Waals surface area contributed by atoms with E-state index in [1.54, 1.807) is 24.3 Å². The molecule has 1 amide bonds. The fraction of sp³-hybridized carbons (Fsp3) is 0.350. The van der Waals surface area contributed by atoms with Crippen LogP contribution in [0.25, 0.3) is 0 Å². The number of sulfonamides is 1. The number of amides is 1. The van der Waals surface area contributed by atoms with Crippen LogP contribution in [0.3, 0.4) is 0 Å². The molecule has 1 saturated heterocycles. The Morgan fingerprint density at radius 3 is 2.22 bits per heavy atom. The molecular formula is C20H25N3O3S. The van der Waals surface area contributed by atoms with Crippen LogP contribution in [0.4, 0.5) is 0 Å². The van der Waals surface area contributed by atoms with Gasteiger partial charge in [-0.3, -0.25) is 9.69 Å². The molecule has 27 heavy (non-hydrogen) atoms. The van der Waals surface area contributed by atoms with Crippen molar-refractivity contribution in [3.63, 3.8) is 0 Å². The number of piperazine rings is 1. The maximum atomic E-state index is 12.7. The van der Waals surface area contributed by atoms with E-state index in [9.17, 15) is 13.2 Å². The standard InChI is InChI=1S/C20H25N3O3S/c1-17-7-9-19(10-8-17)27(25,26)23-13-11-22(12-14-23)16-20(24)21-15-18-5-3-2-4-6-18/h2-10H,11-16H2,1H3,(H,21,24). The number of carbonyl (C=O) groups is 1. The van der Waals surface area contributed by atoms with E-state index >= 15 is 0 Å². The third-order valence-corrected chi connectivity index (χ3v) is 6.60. The lowest BCUT2D eigenvalue weighted by molar-refractivity contribution is -0.122. The summed E-state index contributed by atoms with van der Waals surface area (Å²) in [4.78, 5) is 14.4. The van der Waals surface area contributed by atoms with E-state index < -0.39 is 10.0 Å². The summed E-state index contributed by atoms with van der Waals surface area (Å²) >= 11 is 0. The van der Waals surface area contributed by atoms with E-state index in [4.69, 9.17) is 0 Å². The summed E-state index contributed by atoms with van der Waals surface area (Å²) in [6.07, 6.45) is 0. The molecule has 1 heterocycles. The number of hydrogen-bond donors (Lipinski definition) is 1. The summed E-state index contributed by atoms with van der Waals surface area (Å²) in [5.41, 5.74) is 2.08. The van der Waals surface area contributed by atoms with Gasteiger partial charge in [-0.1, -0.05) is 48.0 Å². The number of rotatable bonds is 6. The summed E-state index contributed by atoms with van der Waals surface area (Å²) < 4.78 is 26.9. The molecule has 6 nitrogen and oxygen atoms in total. The van der Waals surface area contributed by atoms with E-state index in [1.165, 1.54) is 4.31 Å². The Balaban J connectivity index is 1.48. The average molecular weight is 388 g/mol. The highest BCUT2D eigenvalue weighted by atomic mass is 32.2. The average Bonchev–Trinajstić information content (AvgIpc) is 2.68. The van der Waals surface area contributed by atoms with E-state index in [1.807, 2.05) is 42.2 Å². The van der Waals surface area contributed by atoms with Crippen molar-refractivity contribution in [3.05, 3.63) is 65.7 Å². The van der Waals surface area contributed by atoms with Gasteiger partial charge in [-0.2, -0.15) is 4.31 Å². The normalized spacial score (nSPS) is 16.2. The monoisotopic (exact) mass is 387 g/mol. The zero-order chi connectivity index (χ0) is 19.3. The van der Waals surface area contributed by atoms with Gasteiger partial charge in [-0.15, -0.1) is 0 Å². The summed E-state index contributed by atoms with van der Waals surface area (Å²) in [6.45, 7) is 4.59. The molecule has 1 aliphatic heterocycles. The minimum atomic E-state index is -3.47. The number of benzene rings is 2. The molecule has 1 aliphatic rings. The second-order valence-corrected chi connectivity index (χ2v) is 8.69. The molecule has 3 rings (SSSR count). The molecule has 0 bridgehead atoms. The fourth-order valence-electron chi connectivity index (χ4n) is 3.04. The van der Waals surface area contributed by atoms with Crippen LogP contribution < -0.4 is 5.32 Å². The predicted octanol–water partition coefficient (Wildman–Crippen LogP) is 1.62. The number of aryl methyl sites for hydroxylation is 1. The Morgan fingerprint density at radius 2 is 1.59 bits per heavy atom. The van der Waals surface area contributed by atoms with Gasteiger partial charge in [0.1, 0.15) is 0 Å². The Bertz CT molecular complexity index is 859. The molecule has 0 unspecified atom stereocenters. The molecule has 2 aromatic rings. The van der Waals surface area contributed by atoms with Crippen LogP contribution >= 0.6 is 0 Å². The van der Waals surface area contributed by atoms with Crippen molar-refractivity contribution in [3.8, 4) is 0 Å². The van der Waals surface area contributed by atoms with Crippen molar-refractivity contribution in [2.75, 3.05) is 32.7 Å². The van der Waals surface area contributed by atoms with E-state index in [2.05, 4.69) is 5.32 Å². The predicted molar refractivity (Wildman–Crippen MR) is 105 cm³/mol. The van der Waals surface area contributed by atoms with Crippen LogP contribution in [-0.4, -0.2) is 56.3 Å². The molecule has 2 aromatic carbocycles. The molecule has 7 heteroatoms. The Labute approximate surface area is 160 Å². The van der Waals surface area contributed by atoms with Crippen molar-refractivity contribution >= 4 is 15.9 Å². The van der Waals surface area contributed by atoms with Crippen molar-refractivity contribution in [2.45, 2.75) is 18.4 Å². The van der Waals surface area contributed by atoms with E-state index in [-0.39, 0.29) is 12.5 Å². The molecule has 1 N–H and O–H groups in total. The zero-order valence-electron chi connectivity index (χ0n) is 15.5. The van der Waals surface area contributed by atoms with Crippen LogP contribution in [0.2, 0.25) is 0 Å². The largest absolute Gasteiger partial charge is 0.351 e. The summed E-state index contributed by atoms with van der Waals surface area (Å²) in [6, 6.07) is 16.7. The van der Waals surface area contributed by atoms with Gasteiger partial charge < -0.3 is 5.32 Å². The maximum Gasteiger partial charge on any atom is 0.243 e. The van der Waals surface area contributed by atoms with Crippen molar-refractivity contribution in [2.24, 2.45) is 0 Å². The van der Waals surface area contributed by atoms with Crippen LogP contribution in [0.5, 0.6) is 0 Å². The Kier molecular flexibility index (Phi) is 6.26. The molecule has 0 spiro atoms. The summed E-state index contributed by atoms with van der Waals surface area (Å²) in [5, 5.41) is 2.91. The highest BCUT2D eigenvalue weighted by Gasteiger charge is 2.28. The van der Waals surface area contributed by atoms with Crippen LogP contribution in [0.1, 0.15) is 11.1 Å². The van der Waals surface area contributed by atoms with Gasteiger partial charge in [0.15, 0.2) is 0 Å². The maximum absolute atomic E-state index is 12.7. The SMILES string of the molecule is Cc1ccc(S(=O)(=O)N2CCN(CC(=O)NCc3ccccc3)CC2)cc1. The van der Waals surface area contributed by atoms with E-state index in [0.29, 0.717) is 37.6 Å². The molecular weight excluding hydrogens is 362 g/mol. The molecule has 0 atom stereocenters. The first-order valence-electron chi connectivity index (χ1n) is 9.05. The highest BCUT2D eigenvalue weighted by molar-refractivity contribution is 7.89. The van der Waals surface area contributed by atoms with Gasteiger partial charge in [0.05, 0.1) is 11.4 Å². The van der Waals surface area contributed by atoms with Gasteiger partial charge in [-0.05, 0) is 24.6 Å². The van der Waals surface area contributed by atoms with Crippen molar-refractivity contribution < 1.29 is 13.2 Å². The highest BCUT2D eigenvalue weighted by Crippen LogP contribution is 2.18. The molecule has 0 saturated carbocycles. The Morgan fingerprint density at radius 1 is 0.963 bits per heavy atom. The number of hydrogen-bond acceptors (Lipinski definition) is 4. The Hall–Kier alpha value is -2.22. The smallest absolute Gasteiger partial charge is 0.243 e. The van der Waals surface area contributed by atoms with Crippen molar-refractivity contribution in [1.82, 2.24) is 14.5 Å². The van der Waals surface area contributed by atoms with Crippen LogP contribution in [0, 0.1) is 6.92 Å². The topological polar surface area (TPSA) is 69.7 Å². The molecule has 0 radical (unpaired) electrons. The van der Waals surface area contributed by atoms with Crippen LogP contribution in [0.15, 0.2) is 59.5 Å². The third kappa shape index (κ3) is 5.15. The van der Waals surface area contributed by atoms with Gasteiger partial charge in [0, 0.05) is 32.7 Å². The quantitative estimate of drug-likeness (QED) is 0.818. The summed E-state index contributed by atoms with van der Waals surface area (Å²) in [5.74, 6) is -0.0475. The second-order valence-electron chi connectivity index (χ2n) is 6.76. The van der Waals surface area contributed by atoms with Crippen molar-refractivity contribution in [1.29, 1.82) is 0 Å². The third-order valence-electron chi connectivity index (χ3n) is 4.69. The summed E-state index contributed by atoms with van der Waals surface area (Å²) in [7, 11) is -3.47. The lowest BCUT2D eigenvalue weighted by Gasteiger charge is -2.33. The minimum Gasteiger partial charge on any atom is -0.351 e. The number of nitrogens with one attached hydrogen (secondary N) is 1. The minimum absolute atomic E-state index is 0.0475. The van der Waals surface area contributed by atoms with Gasteiger partial charge in [0.25, 0.3) is 0 Å². The van der Waals surface area contributed by atoms with Gasteiger partial charge in [0.2, 0.25) is 15.9 Å².